The number of allylic oxidation sites excluding steroid dienone is 2. The first-order valence-corrected chi connectivity index (χ1v) is 14.0. The van der Waals surface area contributed by atoms with E-state index in [1.807, 2.05) is 27.7 Å². The average Bonchev–Trinajstić information content (AvgIpc) is 2.40. The molecule has 0 spiro atoms. The first-order valence-electron chi connectivity index (χ1n) is 7.75. The highest BCUT2D eigenvalue weighted by Crippen LogP contribution is 2.27. The van der Waals surface area contributed by atoms with Gasteiger partial charge in [0.1, 0.15) is 0 Å². The number of ether oxygens (including phenoxy) is 2. The molecular weight excluding hydrogens is 312 g/mol. The third kappa shape index (κ3) is 7.93. The molecule has 22 heavy (non-hydrogen) atoms. The molecule has 0 rings (SSSR count). The molecule has 0 aromatic carbocycles. The summed E-state index contributed by atoms with van der Waals surface area (Å²) in [4.78, 5) is 0. The zero-order chi connectivity index (χ0) is 17.6. The van der Waals surface area contributed by atoms with E-state index in [0.717, 1.165) is 23.2 Å². The normalized spacial score (nSPS) is 11.5. The van der Waals surface area contributed by atoms with Crippen molar-refractivity contribution in [2.75, 3.05) is 14.2 Å². The third-order valence-electron chi connectivity index (χ3n) is 3.25. The van der Waals surface area contributed by atoms with Gasteiger partial charge in [-0.05, 0) is 66.0 Å². The van der Waals surface area contributed by atoms with Crippen LogP contribution < -0.4 is 0 Å². The molecule has 0 radical (unpaired) electrons. The summed E-state index contributed by atoms with van der Waals surface area (Å²) in [5, 5.41) is 0. The minimum Gasteiger partial charge on any atom is -0.519 e. The summed E-state index contributed by atoms with van der Waals surface area (Å²) >= 11 is 0. The highest BCUT2D eigenvalue weighted by atomic mass is 28.4. The van der Waals surface area contributed by atoms with E-state index in [-0.39, 0.29) is 0 Å². The molecule has 0 saturated carbocycles. The van der Waals surface area contributed by atoms with Crippen molar-refractivity contribution in [3.63, 3.8) is 0 Å². The molecule has 0 aromatic heterocycles. The Morgan fingerprint density at radius 3 is 1.09 bits per heavy atom. The largest absolute Gasteiger partial charge is 0.519 e. The van der Waals surface area contributed by atoms with Gasteiger partial charge in [-0.1, -0.05) is 0 Å². The summed E-state index contributed by atoms with van der Waals surface area (Å²) in [6.45, 7) is 16.9. The van der Waals surface area contributed by atoms with Gasteiger partial charge in [0.15, 0.2) is 0 Å². The van der Waals surface area contributed by atoms with E-state index >= 15 is 0 Å². The Morgan fingerprint density at radius 2 is 0.909 bits per heavy atom. The minimum absolute atomic E-state index is 0.666. The minimum atomic E-state index is -1.83. The van der Waals surface area contributed by atoms with Crippen molar-refractivity contribution in [3.8, 4) is 0 Å². The number of hydrogen-bond donors (Lipinski definition) is 0. The molecule has 6 heteroatoms. The zero-order valence-corrected chi connectivity index (χ0v) is 18.0. The smallest absolute Gasteiger partial charge is 0.263 e. The molecule has 0 aliphatic carbocycles. The van der Waals surface area contributed by atoms with E-state index in [0.29, 0.717) is 11.9 Å². The molecule has 0 heterocycles. The van der Waals surface area contributed by atoms with Gasteiger partial charge in [0.05, 0.1) is 14.2 Å². The van der Waals surface area contributed by atoms with E-state index in [9.17, 15) is 0 Å². The van der Waals surface area contributed by atoms with Crippen LogP contribution in [-0.4, -0.2) is 30.9 Å². The Kier molecular flexibility index (Phi) is 8.32. The molecular formula is C16H34O4Si2. The second kappa shape index (κ2) is 8.67. The Bertz CT molecular complexity index is 378. The molecule has 0 aliphatic heterocycles. The van der Waals surface area contributed by atoms with E-state index < -0.39 is 16.6 Å². The van der Waals surface area contributed by atoms with Crippen molar-refractivity contribution in [3.05, 3.63) is 23.0 Å². The van der Waals surface area contributed by atoms with Gasteiger partial charge in [-0.15, -0.1) is 0 Å². The van der Waals surface area contributed by atoms with Crippen LogP contribution in [0.1, 0.15) is 27.7 Å². The lowest BCUT2D eigenvalue weighted by Crippen LogP contribution is -2.37. The molecule has 0 aliphatic rings. The number of hydrogen-bond acceptors (Lipinski definition) is 4. The van der Waals surface area contributed by atoms with Gasteiger partial charge in [-0.2, -0.15) is 0 Å². The topological polar surface area (TPSA) is 36.9 Å². The van der Waals surface area contributed by atoms with Crippen molar-refractivity contribution in [2.45, 2.75) is 66.0 Å². The number of rotatable bonds is 9. The summed E-state index contributed by atoms with van der Waals surface area (Å²) in [6, 6.07) is 2.07. The van der Waals surface area contributed by atoms with Gasteiger partial charge in [0.2, 0.25) is 16.6 Å². The van der Waals surface area contributed by atoms with Gasteiger partial charge in [0, 0.05) is 11.1 Å². The Balaban J connectivity index is 4.76. The van der Waals surface area contributed by atoms with Crippen molar-refractivity contribution in [2.24, 2.45) is 0 Å². The molecule has 4 nitrogen and oxygen atoms in total. The van der Waals surface area contributed by atoms with Crippen LogP contribution in [0.3, 0.4) is 0 Å². The highest BCUT2D eigenvalue weighted by molar-refractivity contribution is 6.76. The summed E-state index contributed by atoms with van der Waals surface area (Å²) in [7, 11) is -0.345. The monoisotopic (exact) mass is 346 g/mol. The Hall–Kier alpha value is -0.886. The molecule has 0 fully saturated rings. The number of methoxy groups -OCH3 is 2. The summed E-state index contributed by atoms with van der Waals surface area (Å²) in [5.74, 6) is 1.33. The van der Waals surface area contributed by atoms with Gasteiger partial charge >= 0.3 is 0 Å². The van der Waals surface area contributed by atoms with Crippen LogP contribution in [0.25, 0.3) is 0 Å². The lowest BCUT2D eigenvalue weighted by molar-refractivity contribution is 0.138. The van der Waals surface area contributed by atoms with E-state index in [1.165, 1.54) is 0 Å². The quantitative estimate of drug-likeness (QED) is 0.423. The average molecular weight is 347 g/mol. The van der Waals surface area contributed by atoms with Gasteiger partial charge < -0.3 is 18.3 Å². The maximum absolute atomic E-state index is 6.14. The van der Waals surface area contributed by atoms with Gasteiger partial charge in [0.25, 0.3) is 11.9 Å². The van der Waals surface area contributed by atoms with Crippen molar-refractivity contribution >= 4 is 16.6 Å². The SMILES string of the molecule is COC(O[Si](C)(C)CC[Si](C)(C)OC(OC)=C(C)C)=C(C)C. The van der Waals surface area contributed by atoms with Crippen molar-refractivity contribution < 1.29 is 18.3 Å². The Morgan fingerprint density at radius 1 is 0.636 bits per heavy atom. The molecule has 0 bridgehead atoms. The predicted octanol–water partition coefficient (Wildman–Crippen LogP) is 5.23. The second-order valence-corrected chi connectivity index (χ2v) is 15.7. The van der Waals surface area contributed by atoms with Crippen LogP contribution in [0.15, 0.2) is 23.0 Å². The van der Waals surface area contributed by atoms with Crippen LogP contribution in [-0.2, 0) is 18.3 Å². The summed E-state index contributed by atoms with van der Waals surface area (Å²) in [5.41, 5.74) is 2.14. The first-order chi connectivity index (χ1) is 9.94. The third-order valence-corrected chi connectivity index (χ3v) is 8.14. The fourth-order valence-electron chi connectivity index (χ4n) is 1.90. The van der Waals surface area contributed by atoms with Crippen LogP contribution >= 0.6 is 0 Å². The van der Waals surface area contributed by atoms with E-state index in [1.54, 1.807) is 14.2 Å². The zero-order valence-electron chi connectivity index (χ0n) is 16.0. The molecule has 0 aromatic rings. The predicted molar refractivity (Wildman–Crippen MR) is 97.5 cm³/mol. The summed E-state index contributed by atoms with van der Waals surface area (Å²) in [6.07, 6.45) is 0. The second-order valence-electron chi connectivity index (χ2n) is 7.21. The van der Waals surface area contributed by atoms with Crippen LogP contribution in [0.2, 0.25) is 38.3 Å². The van der Waals surface area contributed by atoms with Crippen molar-refractivity contribution in [1.29, 1.82) is 0 Å². The molecule has 130 valence electrons. The molecule has 0 atom stereocenters. The van der Waals surface area contributed by atoms with E-state index in [4.69, 9.17) is 18.3 Å². The Labute approximate surface area is 138 Å². The lowest BCUT2D eigenvalue weighted by atomic mass is 10.4. The lowest BCUT2D eigenvalue weighted by Gasteiger charge is -2.30. The maximum atomic E-state index is 6.14. The standard InChI is InChI=1S/C16H34O4Si2/c1-13(2)15(17-5)19-21(7,8)11-12-22(9,10)20-16(18-6)14(3)4/h11-12H2,1-10H3. The molecule has 0 saturated heterocycles. The first kappa shape index (κ1) is 21.1. The van der Waals surface area contributed by atoms with Crippen LogP contribution in [0.5, 0.6) is 0 Å². The van der Waals surface area contributed by atoms with Gasteiger partial charge in [-0.3, -0.25) is 0 Å². The summed E-state index contributed by atoms with van der Waals surface area (Å²) < 4.78 is 23.0. The molecule has 0 amide bonds. The van der Waals surface area contributed by atoms with Gasteiger partial charge in [-0.25, -0.2) is 0 Å². The fraction of sp³-hybridized carbons (Fsp3) is 0.750. The molecule has 0 N–H and O–H groups in total. The van der Waals surface area contributed by atoms with Crippen molar-refractivity contribution in [1.82, 2.24) is 0 Å². The van der Waals surface area contributed by atoms with Crippen LogP contribution in [0.4, 0.5) is 0 Å². The maximum Gasteiger partial charge on any atom is 0.263 e. The van der Waals surface area contributed by atoms with Crippen LogP contribution in [0, 0.1) is 0 Å². The highest BCUT2D eigenvalue weighted by Gasteiger charge is 2.33. The van der Waals surface area contributed by atoms with E-state index in [2.05, 4.69) is 26.2 Å². The fourth-order valence-corrected chi connectivity index (χ4v) is 8.50. The molecule has 0 unspecified atom stereocenters.